The first-order valence-corrected chi connectivity index (χ1v) is 9.50. The topological polar surface area (TPSA) is 84.4 Å². The molecular formula is C19H30N4O3. The fourth-order valence-electron chi connectivity index (χ4n) is 3.57. The molecule has 1 aromatic heterocycles. The van der Waals surface area contributed by atoms with Crippen molar-refractivity contribution in [2.45, 2.75) is 52.4 Å². The highest BCUT2D eigenvalue weighted by atomic mass is 16.5. The first kappa shape index (κ1) is 20.1. The number of carbonyl (C=O) groups is 2. The maximum absolute atomic E-state index is 12.7. The van der Waals surface area contributed by atoms with Crippen molar-refractivity contribution < 1.29 is 14.3 Å². The fraction of sp³-hybridized carbons (Fsp3) is 0.684. The van der Waals surface area contributed by atoms with Crippen LogP contribution in [0.2, 0.25) is 0 Å². The quantitative estimate of drug-likeness (QED) is 0.716. The van der Waals surface area contributed by atoms with E-state index in [-0.39, 0.29) is 11.3 Å². The summed E-state index contributed by atoms with van der Waals surface area (Å²) in [6.45, 7) is 6.01. The minimum atomic E-state index is -0.454. The lowest BCUT2D eigenvalue weighted by molar-refractivity contribution is -0.133. The highest BCUT2D eigenvalue weighted by Crippen LogP contribution is 2.39. The van der Waals surface area contributed by atoms with Crippen LogP contribution >= 0.6 is 0 Å². The molecule has 2 rings (SSSR count). The maximum Gasteiger partial charge on any atom is 0.341 e. The largest absolute Gasteiger partial charge is 0.465 e. The Kier molecular flexibility index (Phi) is 7.36. The number of methoxy groups -OCH3 is 1. The summed E-state index contributed by atoms with van der Waals surface area (Å²) in [4.78, 5) is 34.6. The van der Waals surface area contributed by atoms with Gasteiger partial charge in [-0.1, -0.05) is 26.2 Å². The second kappa shape index (κ2) is 9.50. The molecule has 1 aliphatic carbocycles. The fourth-order valence-corrected chi connectivity index (χ4v) is 3.57. The number of rotatable bonds is 8. The molecule has 0 aromatic carbocycles. The summed E-state index contributed by atoms with van der Waals surface area (Å²) in [5.74, 6) is 0.263. The molecule has 0 radical (unpaired) electrons. The number of ether oxygens (including phenoxy) is 1. The van der Waals surface area contributed by atoms with Crippen LogP contribution in [0, 0.1) is 5.41 Å². The Morgan fingerprint density at radius 3 is 2.38 bits per heavy atom. The lowest BCUT2D eigenvalue weighted by Crippen LogP contribution is -2.44. The Labute approximate surface area is 155 Å². The summed E-state index contributed by atoms with van der Waals surface area (Å²) < 4.78 is 4.65. The number of anilines is 1. The Morgan fingerprint density at radius 2 is 1.85 bits per heavy atom. The van der Waals surface area contributed by atoms with Crippen LogP contribution in [0.25, 0.3) is 0 Å². The highest BCUT2D eigenvalue weighted by Gasteiger charge is 2.37. The average Bonchev–Trinajstić information content (AvgIpc) is 2.71. The van der Waals surface area contributed by atoms with E-state index in [2.05, 4.69) is 26.9 Å². The minimum absolute atomic E-state index is 0.178. The van der Waals surface area contributed by atoms with Gasteiger partial charge in [0.15, 0.2) is 0 Å². The Balaban J connectivity index is 1.90. The molecule has 1 aliphatic rings. The average molecular weight is 362 g/mol. The van der Waals surface area contributed by atoms with Gasteiger partial charge in [-0.05, 0) is 26.2 Å². The smallest absolute Gasteiger partial charge is 0.341 e. The van der Waals surface area contributed by atoms with E-state index >= 15 is 0 Å². The van der Waals surface area contributed by atoms with E-state index in [1.54, 1.807) is 0 Å². The van der Waals surface area contributed by atoms with Gasteiger partial charge in [0, 0.05) is 37.4 Å². The van der Waals surface area contributed by atoms with Crippen LogP contribution in [0.4, 0.5) is 5.95 Å². The molecule has 7 nitrogen and oxygen atoms in total. The number of nitrogens with zero attached hydrogens (tertiary/aromatic N) is 3. The van der Waals surface area contributed by atoms with Crippen molar-refractivity contribution in [2.24, 2.45) is 5.41 Å². The number of esters is 1. The number of hydrogen-bond donors (Lipinski definition) is 1. The van der Waals surface area contributed by atoms with Crippen LogP contribution in [0.3, 0.4) is 0 Å². The summed E-state index contributed by atoms with van der Waals surface area (Å²) in [6, 6.07) is 0. The molecule has 26 heavy (non-hydrogen) atoms. The van der Waals surface area contributed by atoms with Crippen LogP contribution in [0.15, 0.2) is 12.4 Å². The zero-order valence-electron chi connectivity index (χ0n) is 16.1. The van der Waals surface area contributed by atoms with E-state index in [1.165, 1.54) is 25.9 Å². The molecule has 0 saturated heterocycles. The number of likely N-dealkylation sites (N-methyl/N-ethyl adjacent to an activating group) is 1. The van der Waals surface area contributed by atoms with Gasteiger partial charge < -0.3 is 15.0 Å². The van der Waals surface area contributed by atoms with Crippen LogP contribution < -0.4 is 10.2 Å². The van der Waals surface area contributed by atoms with Gasteiger partial charge in [0.2, 0.25) is 11.9 Å². The van der Waals surface area contributed by atoms with E-state index in [4.69, 9.17) is 0 Å². The Bertz CT molecular complexity index is 597. The molecule has 0 aliphatic heterocycles. The van der Waals surface area contributed by atoms with Gasteiger partial charge in [0.1, 0.15) is 0 Å². The number of nitrogens with one attached hydrogen (secondary N) is 1. The lowest BCUT2D eigenvalue weighted by Gasteiger charge is -2.35. The predicted molar refractivity (Wildman–Crippen MR) is 100 cm³/mol. The van der Waals surface area contributed by atoms with Crippen LogP contribution in [0.1, 0.15) is 62.7 Å². The third kappa shape index (κ3) is 4.71. The molecule has 144 valence electrons. The van der Waals surface area contributed by atoms with Gasteiger partial charge in [-0.2, -0.15) is 0 Å². The van der Waals surface area contributed by atoms with Crippen molar-refractivity contribution in [3.63, 3.8) is 0 Å². The monoisotopic (exact) mass is 362 g/mol. The summed E-state index contributed by atoms with van der Waals surface area (Å²) in [5.41, 5.74) is 0.135. The molecule has 0 spiro atoms. The van der Waals surface area contributed by atoms with Gasteiger partial charge in [0.05, 0.1) is 12.7 Å². The first-order valence-electron chi connectivity index (χ1n) is 9.50. The number of carbonyl (C=O) groups excluding carboxylic acids is 2. The number of amides is 1. The van der Waals surface area contributed by atoms with Crippen molar-refractivity contribution >= 4 is 17.8 Å². The van der Waals surface area contributed by atoms with Crippen molar-refractivity contribution in [1.29, 1.82) is 0 Å². The molecular weight excluding hydrogens is 332 g/mol. The Hall–Kier alpha value is -2.18. The third-order valence-corrected chi connectivity index (χ3v) is 5.36. The van der Waals surface area contributed by atoms with Crippen molar-refractivity contribution in [1.82, 2.24) is 15.3 Å². The predicted octanol–water partition coefficient (Wildman–Crippen LogP) is 2.57. The standard InChI is InChI=1S/C19H30N4O3/c1-4-19(9-7-6-8-10-19)17(25)20-11-12-23(5-2)18-21-13-15(14-22-18)16(24)26-3/h13-14H,4-12H2,1-3H3,(H,20,25). The van der Waals surface area contributed by atoms with Gasteiger partial charge in [-0.25, -0.2) is 14.8 Å². The number of hydrogen-bond acceptors (Lipinski definition) is 6. The zero-order valence-corrected chi connectivity index (χ0v) is 16.1. The summed E-state index contributed by atoms with van der Waals surface area (Å²) in [7, 11) is 1.33. The summed E-state index contributed by atoms with van der Waals surface area (Å²) >= 11 is 0. The van der Waals surface area contributed by atoms with E-state index < -0.39 is 5.97 Å². The Morgan fingerprint density at radius 1 is 1.19 bits per heavy atom. The number of aromatic nitrogens is 2. The molecule has 1 fully saturated rings. The van der Waals surface area contributed by atoms with Gasteiger partial charge in [0.25, 0.3) is 0 Å². The highest BCUT2D eigenvalue weighted by molar-refractivity contribution is 5.88. The molecule has 0 atom stereocenters. The molecule has 0 bridgehead atoms. The van der Waals surface area contributed by atoms with E-state index in [9.17, 15) is 9.59 Å². The van der Waals surface area contributed by atoms with Crippen molar-refractivity contribution in [3.05, 3.63) is 18.0 Å². The zero-order chi connectivity index (χ0) is 19.0. The first-order chi connectivity index (χ1) is 12.6. The minimum Gasteiger partial charge on any atom is -0.465 e. The van der Waals surface area contributed by atoms with E-state index in [0.717, 1.165) is 32.1 Å². The summed E-state index contributed by atoms with van der Waals surface area (Å²) in [6.07, 6.45) is 9.32. The van der Waals surface area contributed by atoms with Crippen molar-refractivity contribution in [2.75, 3.05) is 31.6 Å². The van der Waals surface area contributed by atoms with Crippen LogP contribution in [-0.4, -0.2) is 48.6 Å². The molecule has 1 aromatic rings. The van der Waals surface area contributed by atoms with Gasteiger partial charge in [-0.3, -0.25) is 4.79 Å². The van der Waals surface area contributed by atoms with E-state index in [1.807, 2.05) is 11.8 Å². The van der Waals surface area contributed by atoms with Crippen LogP contribution in [0.5, 0.6) is 0 Å². The second-order valence-electron chi connectivity index (χ2n) is 6.79. The molecule has 1 amide bonds. The molecule has 1 N–H and O–H groups in total. The SMILES string of the molecule is CCN(CCNC(=O)C1(CC)CCCCC1)c1ncc(C(=O)OC)cn1. The van der Waals surface area contributed by atoms with Gasteiger partial charge in [-0.15, -0.1) is 0 Å². The van der Waals surface area contributed by atoms with Crippen molar-refractivity contribution in [3.8, 4) is 0 Å². The molecule has 7 heteroatoms. The lowest BCUT2D eigenvalue weighted by atomic mass is 9.71. The maximum atomic E-state index is 12.7. The molecule has 1 saturated carbocycles. The van der Waals surface area contributed by atoms with Crippen LogP contribution in [-0.2, 0) is 9.53 Å². The van der Waals surface area contributed by atoms with E-state index in [0.29, 0.717) is 31.1 Å². The molecule has 0 unspecified atom stereocenters. The van der Waals surface area contributed by atoms with Gasteiger partial charge >= 0.3 is 5.97 Å². The summed E-state index contributed by atoms with van der Waals surface area (Å²) in [5, 5.41) is 3.11. The molecule has 1 heterocycles. The normalized spacial score (nSPS) is 16.0. The third-order valence-electron chi connectivity index (χ3n) is 5.36. The second-order valence-corrected chi connectivity index (χ2v) is 6.79.